The van der Waals surface area contributed by atoms with Crippen LogP contribution in [0.3, 0.4) is 0 Å². The van der Waals surface area contributed by atoms with Crippen molar-refractivity contribution >= 4 is 0 Å². The van der Waals surface area contributed by atoms with Crippen molar-refractivity contribution in [3.05, 3.63) is 0 Å². The first-order valence-electron chi connectivity index (χ1n) is 7.73. The van der Waals surface area contributed by atoms with Gasteiger partial charge in [-0.3, -0.25) is 11.3 Å². The van der Waals surface area contributed by atoms with E-state index in [2.05, 4.69) is 31.3 Å². The number of hydrazine groups is 1. The number of hydrogen-bond donors (Lipinski definition) is 2. The molecule has 18 heavy (non-hydrogen) atoms. The molecule has 0 amide bonds. The van der Waals surface area contributed by atoms with Gasteiger partial charge in [0.1, 0.15) is 0 Å². The molecule has 0 spiro atoms. The zero-order chi connectivity index (χ0) is 13.2. The molecule has 2 aliphatic carbocycles. The van der Waals surface area contributed by atoms with Crippen LogP contribution in [-0.2, 0) is 0 Å². The Bertz CT molecular complexity index is 258. The molecule has 2 rings (SSSR count). The zero-order valence-corrected chi connectivity index (χ0v) is 12.4. The third kappa shape index (κ3) is 2.59. The summed E-state index contributed by atoms with van der Waals surface area (Å²) in [5.74, 6) is 7.61. The summed E-state index contributed by atoms with van der Waals surface area (Å²) in [7, 11) is 4.48. The van der Waals surface area contributed by atoms with Crippen molar-refractivity contribution in [2.45, 2.75) is 69.9 Å². The van der Waals surface area contributed by atoms with E-state index in [1.54, 1.807) is 0 Å². The quantitative estimate of drug-likeness (QED) is 0.597. The van der Waals surface area contributed by atoms with E-state index in [0.717, 1.165) is 11.8 Å². The summed E-state index contributed by atoms with van der Waals surface area (Å²) in [4.78, 5) is 2.45. The lowest BCUT2D eigenvalue weighted by Crippen LogP contribution is -2.62. The minimum Gasteiger partial charge on any atom is -0.302 e. The maximum absolute atomic E-state index is 5.98. The van der Waals surface area contributed by atoms with Crippen LogP contribution in [0.2, 0.25) is 0 Å². The van der Waals surface area contributed by atoms with Gasteiger partial charge in [-0.1, -0.05) is 32.6 Å². The lowest BCUT2D eigenvalue weighted by molar-refractivity contribution is 0.0541. The van der Waals surface area contributed by atoms with Crippen LogP contribution < -0.4 is 11.3 Å². The van der Waals surface area contributed by atoms with Crippen LogP contribution in [0, 0.1) is 11.8 Å². The van der Waals surface area contributed by atoms with Gasteiger partial charge in [0.05, 0.1) is 0 Å². The molecule has 3 unspecified atom stereocenters. The fourth-order valence-corrected chi connectivity index (χ4v) is 4.54. The molecule has 0 aliphatic heterocycles. The van der Waals surface area contributed by atoms with Crippen LogP contribution in [0.4, 0.5) is 0 Å². The Hall–Kier alpha value is -0.120. The van der Waals surface area contributed by atoms with Crippen LogP contribution >= 0.6 is 0 Å². The maximum Gasteiger partial charge on any atom is 0.0422 e. The van der Waals surface area contributed by atoms with Crippen LogP contribution in [-0.4, -0.2) is 30.6 Å². The summed E-state index contributed by atoms with van der Waals surface area (Å²) in [6, 6.07) is 0.470. The van der Waals surface area contributed by atoms with Crippen molar-refractivity contribution in [1.82, 2.24) is 10.3 Å². The molecule has 0 heterocycles. The van der Waals surface area contributed by atoms with Crippen molar-refractivity contribution in [3.8, 4) is 0 Å². The number of nitrogens with two attached hydrogens (primary N) is 1. The number of hydrogen-bond acceptors (Lipinski definition) is 3. The lowest BCUT2D eigenvalue weighted by Gasteiger charge is -2.48. The van der Waals surface area contributed by atoms with Crippen LogP contribution in [0.5, 0.6) is 0 Å². The first-order valence-corrected chi connectivity index (χ1v) is 7.73. The average molecular weight is 253 g/mol. The minimum atomic E-state index is 0.302. The van der Waals surface area contributed by atoms with Gasteiger partial charge in [0.15, 0.2) is 0 Å². The third-order valence-corrected chi connectivity index (χ3v) is 5.57. The largest absolute Gasteiger partial charge is 0.302 e. The number of rotatable bonds is 4. The van der Waals surface area contributed by atoms with Gasteiger partial charge in [-0.2, -0.15) is 0 Å². The molecule has 0 bridgehead atoms. The summed E-state index contributed by atoms with van der Waals surface area (Å²) < 4.78 is 0. The Morgan fingerprint density at radius 3 is 2.33 bits per heavy atom. The van der Waals surface area contributed by atoms with Gasteiger partial charge < -0.3 is 4.90 Å². The number of nitrogens with zero attached hydrogens (tertiary/aromatic N) is 1. The van der Waals surface area contributed by atoms with Crippen LogP contribution in [0.15, 0.2) is 0 Å². The smallest absolute Gasteiger partial charge is 0.0422 e. The van der Waals surface area contributed by atoms with Crippen molar-refractivity contribution in [3.63, 3.8) is 0 Å². The second-order valence-corrected chi connectivity index (χ2v) is 6.88. The molecule has 3 N–H and O–H groups in total. The molecule has 0 aromatic heterocycles. The van der Waals surface area contributed by atoms with E-state index in [0.29, 0.717) is 11.6 Å². The highest BCUT2D eigenvalue weighted by Gasteiger charge is 2.46. The maximum atomic E-state index is 5.98. The summed E-state index contributed by atoms with van der Waals surface area (Å²) in [6.07, 6.45) is 10.8. The van der Waals surface area contributed by atoms with E-state index in [9.17, 15) is 0 Å². The monoisotopic (exact) mass is 253 g/mol. The molecule has 2 saturated carbocycles. The van der Waals surface area contributed by atoms with Crippen molar-refractivity contribution in [2.24, 2.45) is 17.7 Å². The van der Waals surface area contributed by atoms with E-state index in [-0.39, 0.29) is 0 Å². The molecule has 106 valence electrons. The van der Waals surface area contributed by atoms with E-state index in [1.165, 1.54) is 51.4 Å². The van der Waals surface area contributed by atoms with E-state index >= 15 is 0 Å². The minimum absolute atomic E-state index is 0.302. The fraction of sp³-hybridized carbons (Fsp3) is 1.00. The molecule has 0 aromatic rings. The molecule has 0 saturated heterocycles. The molecular weight excluding hydrogens is 222 g/mol. The fourth-order valence-electron chi connectivity index (χ4n) is 4.54. The summed E-state index contributed by atoms with van der Waals surface area (Å²) in [5.41, 5.74) is 3.52. The molecule has 2 aliphatic rings. The van der Waals surface area contributed by atoms with E-state index < -0.39 is 0 Å². The van der Waals surface area contributed by atoms with E-state index in [1.807, 2.05) is 0 Å². The second-order valence-electron chi connectivity index (χ2n) is 6.88. The number of likely N-dealkylation sites (N-methyl/N-ethyl adjacent to an activating group) is 1. The molecule has 0 aromatic carbocycles. The predicted octanol–water partition coefficient (Wildman–Crippen LogP) is 2.52. The molecule has 3 heteroatoms. The Morgan fingerprint density at radius 1 is 1.17 bits per heavy atom. The van der Waals surface area contributed by atoms with Gasteiger partial charge in [0.25, 0.3) is 0 Å². The van der Waals surface area contributed by atoms with Gasteiger partial charge in [0.2, 0.25) is 0 Å². The zero-order valence-electron chi connectivity index (χ0n) is 12.4. The van der Waals surface area contributed by atoms with Gasteiger partial charge in [0, 0.05) is 11.6 Å². The third-order valence-electron chi connectivity index (χ3n) is 5.57. The molecule has 3 atom stereocenters. The number of nitrogens with one attached hydrogen (secondary N) is 1. The van der Waals surface area contributed by atoms with Crippen molar-refractivity contribution in [1.29, 1.82) is 0 Å². The van der Waals surface area contributed by atoms with Gasteiger partial charge in [-0.25, -0.2) is 0 Å². The van der Waals surface area contributed by atoms with Crippen molar-refractivity contribution in [2.75, 3.05) is 14.1 Å². The topological polar surface area (TPSA) is 41.3 Å². The molecule has 3 nitrogen and oxygen atoms in total. The highest BCUT2D eigenvalue weighted by Crippen LogP contribution is 2.43. The summed E-state index contributed by atoms with van der Waals surface area (Å²) in [5, 5.41) is 0. The van der Waals surface area contributed by atoms with E-state index in [4.69, 9.17) is 5.84 Å². The highest BCUT2D eigenvalue weighted by molar-refractivity contribution is 5.04. The Balaban J connectivity index is 2.15. The molecule has 2 fully saturated rings. The standard InChI is InChI=1S/C15H31N3/c1-12-7-6-8-13(11-12)14(17-16)15(18(2)3)9-4-5-10-15/h12-14,17H,4-11,16H2,1-3H3. The van der Waals surface area contributed by atoms with Crippen LogP contribution in [0.25, 0.3) is 0 Å². The SMILES string of the molecule is CC1CCCC(C(NN)C2(N(C)C)CCCC2)C1. The average Bonchev–Trinajstić information content (AvgIpc) is 2.81. The first-order chi connectivity index (χ1) is 8.60. The summed E-state index contributed by atoms with van der Waals surface area (Å²) >= 11 is 0. The normalized spacial score (nSPS) is 33.8. The van der Waals surface area contributed by atoms with Crippen LogP contribution in [0.1, 0.15) is 58.3 Å². The second kappa shape index (κ2) is 5.89. The Labute approximate surface area is 112 Å². The van der Waals surface area contributed by atoms with Gasteiger partial charge in [-0.15, -0.1) is 0 Å². The highest BCUT2D eigenvalue weighted by atomic mass is 15.3. The molecule has 0 radical (unpaired) electrons. The van der Waals surface area contributed by atoms with Gasteiger partial charge in [-0.05, 0) is 51.6 Å². The lowest BCUT2D eigenvalue weighted by atomic mass is 9.71. The van der Waals surface area contributed by atoms with Gasteiger partial charge >= 0.3 is 0 Å². The van der Waals surface area contributed by atoms with Crippen molar-refractivity contribution < 1.29 is 0 Å². The molecular formula is C15H31N3. The predicted molar refractivity (Wildman–Crippen MR) is 77.1 cm³/mol. The summed E-state index contributed by atoms with van der Waals surface area (Å²) in [6.45, 7) is 2.40. The Kier molecular flexibility index (Phi) is 4.68. The first kappa shape index (κ1) is 14.3. The Morgan fingerprint density at radius 2 is 1.83 bits per heavy atom.